The minimum atomic E-state index is -0.883. The van der Waals surface area contributed by atoms with Crippen LogP contribution < -0.4 is 5.73 Å². The summed E-state index contributed by atoms with van der Waals surface area (Å²) < 4.78 is 14.0. The van der Waals surface area contributed by atoms with E-state index in [1.807, 2.05) is 23.9 Å². The number of anilines is 1. The molecule has 0 spiro atoms. The van der Waals surface area contributed by atoms with Gasteiger partial charge in [0, 0.05) is 17.2 Å². The van der Waals surface area contributed by atoms with Crippen LogP contribution in [0.25, 0.3) is 0 Å². The van der Waals surface area contributed by atoms with E-state index in [1.54, 1.807) is 12.1 Å². The number of nitrogen functional groups attached to an aromatic ring is 1. The fourth-order valence-corrected chi connectivity index (χ4v) is 3.07. The van der Waals surface area contributed by atoms with E-state index in [0.29, 0.717) is 11.3 Å². The standard InChI is InChI=1S/C11H14FNS/c12-11(8-5-6-14-7-8)9-3-1-2-4-10(9)13/h1-4,8,11H,5-7,13H2. The Kier molecular flexibility index (Phi) is 2.96. The van der Waals surface area contributed by atoms with Crippen molar-refractivity contribution in [1.29, 1.82) is 0 Å². The first-order valence-corrected chi connectivity index (χ1v) is 6.00. The Labute approximate surface area is 87.9 Å². The minimum Gasteiger partial charge on any atom is -0.398 e. The first kappa shape index (κ1) is 9.84. The molecule has 1 nitrogen and oxygen atoms in total. The Bertz CT molecular complexity index is 310. The van der Waals surface area contributed by atoms with Crippen LogP contribution >= 0.6 is 11.8 Å². The monoisotopic (exact) mass is 211 g/mol. The maximum atomic E-state index is 14.0. The zero-order chi connectivity index (χ0) is 9.97. The van der Waals surface area contributed by atoms with Crippen molar-refractivity contribution in [3.8, 4) is 0 Å². The second kappa shape index (κ2) is 4.22. The van der Waals surface area contributed by atoms with Gasteiger partial charge >= 0.3 is 0 Å². The zero-order valence-electron chi connectivity index (χ0n) is 7.95. The van der Waals surface area contributed by atoms with Gasteiger partial charge in [0.25, 0.3) is 0 Å². The van der Waals surface area contributed by atoms with Gasteiger partial charge in [-0.15, -0.1) is 0 Å². The molecule has 76 valence electrons. The fraction of sp³-hybridized carbons (Fsp3) is 0.455. The molecule has 2 atom stereocenters. The molecular weight excluding hydrogens is 197 g/mol. The van der Waals surface area contributed by atoms with Gasteiger partial charge in [-0.05, 0) is 24.0 Å². The third kappa shape index (κ3) is 1.87. The van der Waals surface area contributed by atoms with Crippen LogP contribution in [0.4, 0.5) is 10.1 Å². The second-order valence-corrected chi connectivity index (χ2v) is 4.80. The molecule has 0 aliphatic carbocycles. The molecule has 2 rings (SSSR count). The van der Waals surface area contributed by atoms with Gasteiger partial charge in [-0.2, -0.15) is 11.8 Å². The van der Waals surface area contributed by atoms with E-state index in [0.717, 1.165) is 17.9 Å². The number of hydrogen-bond donors (Lipinski definition) is 1. The lowest BCUT2D eigenvalue weighted by atomic mass is 9.95. The lowest BCUT2D eigenvalue weighted by Gasteiger charge is -2.16. The SMILES string of the molecule is Nc1ccccc1C(F)C1CCSC1. The lowest BCUT2D eigenvalue weighted by Crippen LogP contribution is -2.09. The molecule has 0 bridgehead atoms. The van der Waals surface area contributed by atoms with E-state index in [1.165, 1.54) is 0 Å². The molecule has 1 fully saturated rings. The molecule has 0 amide bonds. The van der Waals surface area contributed by atoms with E-state index in [2.05, 4.69) is 0 Å². The number of para-hydroxylation sites is 1. The third-order valence-corrected chi connectivity index (χ3v) is 3.86. The molecule has 0 radical (unpaired) electrons. The summed E-state index contributed by atoms with van der Waals surface area (Å²) >= 11 is 1.83. The van der Waals surface area contributed by atoms with Gasteiger partial charge in [0.1, 0.15) is 6.17 Å². The number of rotatable bonds is 2. The van der Waals surface area contributed by atoms with Crippen LogP contribution in [0.3, 0.4) is 0 Å². The first-order chi connectivity index (χ1) is 6.79. The normalized spacial score (nSPS) is 23.6. The summed E-state index contributed by atoms with van der Waals surface area (Å²) in [6.45, 7) is 0. The number of nitrogens with two attached hydrogens (primary N) is 1. The van der Waals surface area contributed by atoms with Crippen molar-refractivity contribution in [3.05, 3.63) is 29.8 Å². The van der Waals surface area contributed by atoms with Crippen molar-refractivity contribution in [2.24, 2.45) is 5.92 Å². The molecule has 0 saturated carbocycles. The molecule has 1 aliphatic rings. The summed E-state index contributed by atoms with van der Waals surface area (Å²) in [5.41, 5.74) is 6.99. The van der Waals surface area contributed by atoms with Gasteiger partial charge in [-0.3, -0.25) is 0 Å². The maximum absolute atomic E-state index is 14.0. The van der Waals surface area contributed by atoms with Crippen LogP contribution in [0.2, 0.25) is 0 Å². The van der Waals surface area contributed by atoms with Crippen molar-refractivity contribution in [2.75, 3.05) is 17.2 Å². The Hall–Kier alpha value is -0.700. The highest BCUT2D eigenvalue weighted by atomic mass is 32.2. The highest BCUT2D eigenvalue weighted by Crippen LogP contribution is 2.38. The minimum absolute atomic E-state index is 0.157. The predicted octanol–water partition coefficient (Wildman–Crippen LogP) is 3.03. The molecule has 1 saturated heterocycles. The van der Waals surface area contributed by atoms with E-state index in [9.17, 15) is 4.39 Å². The van der Waals surface area contributed by atoms with Gasteiger partial charge in [0.2, 0.25) is 0 Å². The van der Waals surface area contributed by atoms with Gasteiger partial charge in [0.05, 0.1) is 0 Å². The molecule has 2 unspecified atom stereocenters. The molecule has 1 aromatic carbocycles. The van der Waals surface area contributed by atoms with E-state index >= 15 is 0 Å². The van der Waals surface area contributed by atoms with Crippen LogP contribution in [-0.2, 0) is 0 Å². The van der Waals surface area contributed by atoms with Crippen LogP contribution in [-0.4, -0.2) is 11.5 Å². The quantitative estimate of drug-likeness (QED) is 0.761. The average molecular weight is 211 g/mol. The zero-order valence-corrected chi connectivity index (χ0v) is 8.77. The highest BCUT2D eigenvalue weighted by molar-refractivity contribution is 7.99. The van der Waals surface area contributed by atoms with Gasteiger partial charge in [0.15, 0.2) is 0 Å². The second-order valence-electron chi connectivity index (χ2n) is 3.65. The lowest BCUT2D eigenvalue weighted by molar-refractivity contribution is 0.252. The molecule has 3 heteroatoms. The summed E-state index contributed by atoms with van der Waals surface area (Å²) in [5.74, 6) is 2.16. The predicted molar refractivity (Wildman–Crippen MR) is 60.1 cm³/mol. The van der Waals surface area contributed by atoms with Gasteiger partial charge in [-0.25, -0.2) is 4.39 Å². The first-order valence-electron chi connectivity index (χ1n) is 4.85. The number of hydrogen-bond acceptors (Lipinski definition) is 2. The molecule has 14 heavy (non-hydrogen) atoms. The summed E-state index contributed by atoms with van der Waals surface area (Å²) in [4.78, 5) is 0. The van der Waals surface area contributed by atoms with E-state index in [-0.39, 0.29) is 5.92 Å². The van der Waals surface area contributed by atoms with Crippen LogP contribution in [0.1, 0.15) is 18.2 Å². The van der Waals surface area contributed by atoms with Crippen LogP contribution in [0.5, 0.6) is 0 Å². The highest BCUT2D eigenvalue weighted by Gasteiger charge is 2.27. The molecule has 2 N–H and O–H groups in total. The summed E-state index contributed by atoms with van der Waals surface area (Å²) in [5, 5.41) is 0. The number of halogens is 1. The van der Waals surface area contributed by atoms with Gasteiger partial charge in [-0.1, -0.05) is 18.2 Å². The molecule has 0 aromatic heterocycles. The topological polar surface area (TPSA) is 26.0 Å². The third-order valence-electron chi connectivity index (χ3n) is 2.67. The number of thioether (sulfide) groups is 1. The number of benzene rings is 1. The van der Waals surface area contributed by atoms with E-state index < -0.39 is 6.17 Å². The van der Waals surface area contributed by atoms with Gasteiger partial charge < -0.3 is 5.73 Å². The Balaban J connectivity index is 2.17. The summed E-state index contributed by atoms with van der Waals surface area (Å²) in [6, 6.07) is 7.25. The number of alkyl halides is 1. The Morgan fingerprint density at radius 3 is 2.86 bits per heavy atom. The summed E-state index contributed by atoms with van der Waals surface area (Å²) in [6.07, 6.45) is 0.0892. The van der Waals surface area contributed by atoms with Crippen LogP contribution in [0, 0.1) is 5.92 Å². The van der Waals surface area contributed by atoms with Crippen molar-refractivity contribution in [1.82, 2.24) is 0 Å². The molecule has 1 aromatic rings. The van der Waals surface area contributed by atoms with Crippen LogP contribution in [0.15, 0.2) is 24.3 Å². The van der Waals surface area contributed by atoms with Crippen molar-refractivity contribution in [2.45, 2.75) is 12.6 Å². The van der Waals surface area contributed by atoms with Crippen molar-refractivity contribution in [3.63, 3.8) is 0 Å². The molecule has 1 heterocycles. The Morgan fingerprint density at radius 1 is 1.43 bits per heavy atom. The molecule has 1 aliphatic heterocycles. The average Bonchev–Trinajstić information content (AvgIpc) is 2.70. The Morgan fingerprint density at radius 2 is 2.21 bits per heavy atom. The fourth-order valence-electron chi connectivity index (χ4n) is 1.80. The smallest absolute Gasteiger partial charge is 0.131 e. The van der Waals surface area contributed by atoms with Crippen molar-refractivity contribution < 1.29 is 4.39 Å². The summed E-state index contributed by atoms with van der Waals surface area (Å²) in [7, 11) is 0. The maximum Gasteiger partial charge on any atom is 0.131 e. The molecular formula is C11H14FNS. The van der Waals surface area contributed by atoms with Crippen molar-refractivity contribution >= 4 is 17.4 Å². The van der Waals surface area contributed by atoms with E-state index in [4.69, 9.17) is 5.73 Å². The largest absolute Gasteiger partial charge is 0.398 e.